The van der Waals surface area contributed by atoms with E-state index < -0.39 is 5.97 Å². The summed E-state index contributed by atoms with van der Waals surface area (Å²) in [7, 11) is 0. The standard InChI is InChI=1S/C16H24N2O3/c1-11(2)9-13(10-17)15(19)18-8-7-12-5-3-4-6-14(12)16(20)21/h3-6,11,13H,7-10,17H2,1-2H3,(H,18,19)(H,20,21). The van der Waals surface area contributed by atoms with Gasteiger partial charge in [-0.05, 0) is 30.4 Å². The molecule has 5 nitrogen and oxygen atoms in total. The maximum absolute atomic E-state index is 12.0. The first-order valence-electron chi connectivity index (χ1n) is 7.24. The molecule has 0 aromatic heterocycles. The number of hydrogen-bond acceptors (Lipinski definition) is 3. The van der Waals surface area contributed by atoms with Gasteiger partial charge in [0, 0.05) is 13.1 Å². The van der Waals surface area contributed by atoms with Crippen molar-refractivity contribution in [3.05, 3.63) is 35.4 Å². The summed E-state index contributed by atoms with van der Waals surface area (Å²) in [6, 6.07) is 6.83. The van der Waals surface area contributed by atoms with Crippen LogP contribution in [0.4, 0.5) is 0 Å². The van der Waals surface area contributed by atoms with E-state index in [1.165, 1.54) is 0 Å². The highest BCUT2D eigenvalue weighted by atomic mass is 16.4. The van der Waals surface area contributed by atoms with Gasteiger partial charge in [0.15, 0.2) is 0 Å². The summed E-state index contributed by atoms with van der Waals surface area (Å²) >= 11 is 0. The second-order valence-electron chi connectivity index (χ2n) is 5.57. The molecule has 0 heterocycles. The lowest BCUT2D eigenvalue weighted by atomic mass is 9.96. The third kappa shape index (κ3) is 5.55. The fraction of sp³-hybridized carbons (Fsp3) is 0.500. The Morgan fingerprint density at radius 2 is 1.95 bits per heavy atom. The Labute approximate surface area is 125 Å². The number of rotatable bonds is 8. The number of benzene rings is 1. The molecule has 0 radical (unpaired) electrons. The van der Waals surface area contributed by atoms with Crippen molar-refractivity contribution in [2.45, 2.75) is 26.7 Å². The number of carboxylic acid groups (broad SMARTS) is 1. The molecule has 0 aliphatic rings. The van der Waals surface area contributed by atoms with Crippen molar-refractivity contribution < 1.29 is 14.7 Å². The molecule has 4 N–H and O–H groups in total. The molecule has 0 saturated heterocycles. The number of nitrogens with one attached hydrogen (secondary N) is 1. The average Bonchev–Trinajstić information content (AvgIpc) is 2.44. The van der Waals surface area contributed by atoms with Gasteiger partial charge in [0.25, 0.3) is 0 Å². The molecule has 1 amide bonds. The third-order valence-corrected chi connectivity index (χ3v) is 3.35. The Hall–Kier alpha value is -1.88. The zero-order valence-electron chi connectivity index (χ0n) is 12.6. The average molecular weight is 292 g/mol. The van der Waals surface area contributed by atoms with E-state index in [9.17, 15) is 9.59 Å². The van der Waals surface area contributed by atoms with Crippen molar-refractivity contribution in [1.29, 1.82) is 0 Å². The van der Waals surface area contributed by atoms with Crippen LogP contribution in [0.1, 0.15) is 36.2 Å². The highest BCUT2D eigenvalue weighted by molar-refractivity contribution is 5.89. The van der Waals surface area contributed by atoms with Crippen LogP contribution in [0, 0.1) is 11.8 Å². The van der Waals surface area contributed by atoms with E-state index in [4.69, 9.17) is 10.8 Å². The molecule has 1 unspecified atom stereocenters. The van der Waals surface area contributed by atoms with Crippen molar-refractivity contribution in [2.75, 3.05) is 13.1 Å². The predicted molar refractivity (Wildman–Crippen MR) is 82.1 cm³/mol. The molecule has 1 aromatic rings. The zero-order valence-corrected chi connectivity index (χ0v) is 12.6. The number of amides is 1. The first kappa shape index (κ1) is 17.2. The van der Waals surface area contributed by atoms with E-state index in [0.717, 1.165) is 12.0 Å². The van der Waals surface area contributed by atoms with E-state index in [1.807, 2.05) is 0 Å². The lowest BCUT2D eigenvalue weighted by Crippen LogP contribution is -2.36. The van der Waals surface area contributed by atoms with Crippen LogP contribution in [0.3, 0.4) is 0 Å². The molecule has 21 heavy (non-hydrogen) atoms. The Balaban J connectivity index is 2.53. The van der Waals surface area contributed by atoms with Gasteiger partial charge in [-0.15, -0.1) is 0 Å². The Morgan fingerprint density at radius 3 is 2.52 bits per heavy atom. The fourth-order valence-corrected chi connectivity index (χ4v) is 2.29. The second-order valence-corrected chi connectivity index (χ2v) is 5.57. The van der Waals surface area contributed by atoms with Crippen molar-refractivity contribution in [3.63, 3.8) is 0 Å². The Kier molecular flexibility index (Phi) is 6.88. The molecule has 0 aliphatic carbocycles. The Morgan fingerprint density at radius 1 is 1.29 bits per heavy atom. The third-order valence-electron chi connectivity index (χ3n) is 3.35. The van der Waals surface area contributed by atoms with Gasteiger partial charge in [-0.25, -0.2) is 4.79 Å². The van der Waals surface area contributed by atoms with Gasteiger partial charge in [-0.2, -0.15) is 0 Å². The monoisotopic (exact) mass is 292 g/mol. The van der Waals surface area contributed by atoms with Gasteiger partial charge in [0.2, 0.25) is 5.91 Å². The van der Waals surface area contributed by atoms with E-state index >= 15 is 0 Å². The van der Waals surface area contributed by atoms with Crippen molar-refractivity contribution in [1.82, 2.24) is 5.32 Å². The molecular weight excluding hydrogens is 268 g/mol. The summed E-state index contributed by atoms with van der Waals surface area (Å²) in [4.78, 5) is 23.1. The molecular formula is C16H24N2O3. The van der Waals surface area contributed by atoms with Crippen molar-refractivity contribution in [3.8, 4) is 0 Å². The molecule has 1 atom stereocenters. The smallest absolute Gasteiger partial charge is 0.335 e. The van der Waals surface area contributed by atoms with Gasteiger partial charge >= 0.3 is 5.97 Å². The minimum absolute atomic E-state index is 0.0565. The van der Waals surface area contributed by atoms with Gasteiger partial charge < -0.3 is 16.2 Å². The fourth-order valence-electron chi connectivity index (χ4n) is 2.29. The van der Waals surface area contributed by atoms with E-state index in [0.29, 0.717) is 25.4 Å². The number of carboxylic acids is 1. The van der Waals surface area contributed by atoms with Crippen LogP contribution >= 0.6 is 0 Å². The first-order valence-corrected chi connectivity index (χ1v) is 7.24. The summed E-state index contributed by atoms with van der Waals surface area (Å²) in [6.45, 7) is 4.85. The van der Waals surface area contributed by atoms with Crippen LogP contribution in [-0.4, -0.2) is 30.1 Å². The minimum Gasteiger partial charge on any atom is -0.478 e. The number of hydrogen-bond donors (Lipinski definition) is 3. The summed E-state index contributed by atoms with van der Waals surface area (Å²) in [5.41, 5.74) is 6.63. The maximum Gasteiger partial charge on any atom is 0.335 e. The lowest BCUT2D eigenvalue weighted by Gasteiger charge is -2.17. The van der Waals surface area contributed by atoms with Gasteiger partial charge in [-0.3, -0.25) is 4.79 Å². The highest BCUT2D eigenvalue weighted by Gasteiger charge is 2.17. The maximum atomic E-state index is 12.0. The Bertz CT molecular complexity index is 486. The molecule has 1 aromatic carbocycles. The first-order chi connectivity index (χ1) is 9.95. The lowest BCUT2D eigenvalue weighted by molar-refractivity contribution is -0.125. The highest BCUT2D eigenvalue weighted by Crippen LogP contribution is 2.11. The zero-order chi connectivity index (χ0) is 15.8. The molecule has 0 saturated carbocycles. The number of nitrogens with two attached hydrogens (primary N) is 1. The van der Waals surface area contributed by atoms with Crippen molar-refractivity contribution in [2.24, 2.45) is 17.6 Å². The number of carbonyl (C=O) groups excluding carboxylic acids is 1. The molecule has 0 bridgehead atoms. The largest absolute Gasteiger partial charge is 0.478 e. The van der Waals surface area contributed by atoms with Gasteiger partial charge in [0.05, 0.1) is 11.5 Å². The minimum atomic E-state index is -0.948. The van der Waals surface area contributed by atoms with E-state index in [-0.39, 0.29) is 17.4 Å². The van der Waals surface area contributed by atoms with Crippen LogP contribution in [0.2, 0.25) is 0 Å². The second kappa shape index (κ2) is 8.42. The molecule has 0 spiro atoms. The summed E-state index contributed by atoms with van der Waals surface area (Å²) < 4.78 is 0. The quantitative estimate of drug-likeness (QED) is 0.679. The SMILES string of the molecule is CC(C)CC(CN)C(=O)NCCc1ccccc1C(=O)O. The molecule has 0 fully saturated rings. The van der Waals surface area contributed by atoms with Crippen LogP contribution in [-0.2, 0) is 11.2 Å². The van der Waals surface area contributed by atoms with Crippen LogP contribution < -0.4 is 11.1 Å². The summed E-state index contributed by atoms with van der Waals surface area (Å²) in [5.74, 6) is -0.771. The van der Waals surface area contributed by atoms with Crippen LogP contribution in [0.5, 0.6) is 0 Å². The summed E-state index contributed by atoms with van der Waals surface area (Å²) in [6.07, 6.45) is 1.25. The van der Waals surface area contributed by atoms with Crippen LogP contribution in [0.25, 0.3) is 0 Å². The topological polar surface area (TPSA) is 92.4 Å². The molecule has 1 rings (SSSR count). The number of carbonyl (C=O) groups is 2. The molecule has 5 heteroatoms. The van der Waals surface area contributed by atoms with Gasteiger partial charge in [0.1, 0.15) is 0 Å². The van der Waals surface area contributed by atoms with Gasteiger partial charge in [-0.1, -0.05) is 32.0 Å². The summed E-state index contributed by atoms with van der Waals surface area (Å²) in [5, 5.41) is 11.9. The van der Waals surface area contributed by atoms with Crippen molar-refractivity contribution >= 4 is 11.9 Å². The van der Waals surface area contributed by atoms with Crippen LogP contribution in [0.15, 0.2) is 24.3 Å². The van der Waals surface area contributed by atoms with E-state index in [2.05, 4.69) is 19.2 Å². The molecule has 116 valence electrons. The normalized spacial score (nSPS) is 12.2. The number of aromatic carboxylic acids is 1. The molecule has 0 aliphatic heterocycles. The predicted octanol–water partition coefficient (Wildman–Crippen LogP) is 1.66. The van der Waals surface area contributed by atoms with E-state index in [1.54, 1.807) is 24.3 Å².